The van der Waals surface area contributed by atoms with E-state index in [0.29, 0.717) is 43.0 Å². The topological polar surface area (TPSA) is 76.8 Å². The molecule has 0 aromatic heterocycles. The molecule has 0 bridgehead atoms. The second-order valence-corrected chi connectivity index (χ2v) is 7.50. The number of carbonyl (C=O) groups excluding carboxylic acids is 1. The molecule has 156 valence electrons. The summed E-state index contributed by atoms with van der Waals surface area (Å²) in [6, 6.07) is 16.3. The monoisotopic (exact) mass is 397 g/mol. The summed E-state index contributed by atoms with van der Waals surface area (Å²) in [7, 11) is 3.24. The molecule has 0 aliphatic carbocycles. The van der Waals surface area contributed by atoms with Crippen LogP contribution in [0.1, 0.15) is 17.0 Å². The zero-order valence-corrected chi connectivity index (χ0v) is 17.3. The van der Waals surface area contributed by atoms with Crippen molar-refractivity contribution >= 4 is 5.91 Å². The molecule has 1 fully saturated rings. The molecule has 6 nitrogen and oxygen atoms in total. The highest BCUT2D eigenvalue weighted by molar-refractivity contribution is 5.78. The van der Waals surface area contributed by atoms with Gasteiger partial charge in [0.05, 0.1) is 20.8 Å². The SMILES string of the molecule is COc1ccc(CCNC(=O)CN2C[C@@H](CN)[C@H](c3ccccc3)C2)cc1OC. The number of methoxy groups -OCH3 is 2. The molecule has 6 heteroatoms. The molecule has 2 aromatic carbocycles. The van der Waals surface area contributed by atoms with E-state index in [0.717, 1.165) is 25.1 Å². The molecule has 2 atom stereocenters. The molecule has 1 aliphatic heterocycles. The zero-order chi connectivity index (χ0) is 20.6. The van der Waals surface area contributed by atoms with Crippen LogP contribution in [-0.4, -0.2) is 57.8 Å². The predicted molar refractivity (Wildman–Crippen MR) is 114 cm³/mol. The number of hydrogen-bond acceptors (Lipinski definition) is 5. The summed E-state index contributed by atoms with van der Waals surface area (Å²) < 4.78 is 10.6. The first-order valence-corrected chi connectivity index (χ1v) is 10.1. The van der Waals surface area contributed by atoms with Crippen LogP contribution in [0.4, 0.5) is 0 Å². The van der Waals surface area contributed by atoms with Crippen molar-refractivity contribution in [2.24, 2.45) is 11.7 Å². The van der Waals surface area contributed by atoms with E-state index < -0.39 is 0 Å². The molecule has 0 spiro atoms. The smallest absolute Gasteiger partial charge is 0.234 e. The van der Waals surface area contributed by atoms with E-state index >= 15 is 0 Å². The van der Waals surface area contributed by atoms with Crippen LogP contribution in [0.5, 0.6) is 11.5 Å². The van der Waals surface area contributed by atoms with Crippen molar-refractivity contribution in [2.75, 3.05) is 46.9 Å². The second kappa shape index (κ2) is 10.3. The molecule has 3 N–H and O–H groups in total. The fourth-order valence-corrected chi connectivity index (χ4v) is 4.05. The molecular formula is C23H31N3O3. The third-order valence-corrected chi connectivity index (χ3v) is 5.60. The van der Waals surface area contributed by atoms with Gasteiger partial charge in [0.1, 0.15) is 0 Å². The Morgan fingerprint density at radius 1 is 1.10 bits per heavy atom. The van der Waals surface area contributed by atoms with Crippen molar-refractivity contribution < 1.29 is 14.3 Å². The number of carbonyl (C=O) groups is 1. The van der Waals surface area contributed by atoms with Gasteiger partial charge in [0.15, 0.2) is 11.5 Å². The van der Waals surface area contributed by atoms with Crippen molar-refractivity contribution in [3.05, 3.63) is 59.7 Å². The fourth-order valence-electron chi connectivity index (χ4n) is 4.05. The van der Waals surface area contributed by atoms with E-state index in [9.17, 15) is 4.79 Å². The van der Waals surface area contributed by atoms with E-state index in [1.54, 1.807) is 14.2 Å². The van der Waals surface area contributed by atoms with Gasteiger partial charge in [-0.15, -0.1) is 0 Å². The highest BCUT2D eigenvalue weighted by Gasteiger charge is 2.33. The summed E-state index contributed by atoms with van der Waals surface area (Å²) in [5.74, 6) is 2.23. The first-order chi connectivity index (χ1) is 14.1. The predicted octanol–water partition coefficient (Wildman–Crippen LogP) is 2.04. The van der Waals surface area contributed by atoms with Crippen LogP contribution in [-0.2, 0) is 11.2 Å². The van der Waals surface area contributed by atoms with E-state index in [1.165, 1.54) is 5.56 Å². The van der Waals surface area contributed by atoms with Crippen molar-refractivity contribution in [3.8, 4) is 11.5 Å². The van der Waals surface area contributed by atoms with Gasteiger partial charge in [0.25, 0.3) is 0 Å². The van der Waals surface area contributed by atoms with Crippen LogP contribution in [0, 0.1) is 5.92 Å². The van der Waals surface area contributed by atoms with Crippen LogP contribution in [0.3, 0.4) is 0 Å². The lowest BCUT2D eigenvalue weighted by atomic mass is 9.89. The second-order valence-electron chi connectivity index (χ2n) is 7.50. The normalized spacial score (nSPS) is 19.1. The van der Waals surface area contributed by atoms with Gasteiger partial charge in [-0.1, -0.05) is 36.4 Å². The molecular weight excluding hydrogens is 366 g/mol. The van der Waals surface area contributed by atoms with Crippen LogP contribution >= 0.6 is 0 Å². The summed E-state index contributed by atoms with van der Waals surface area (Å²) in [6.45, 7) is 3.36. The van der Waals surface area contributed by atoms with Crippen LogP contribution in [0.2, 0.25) is 0 Å². The van der Waals surface area contributed by atoms with Crippen molar-refractivity contribution in [2.45, 2.75) is 12.3 Å². The Morgan fingerprint density at radius 3 is 2.55 bits per heavy atom. The molecule has 0 saturated carbocycles. The third kappa shape index (κ3) is 5.49. The number of nitrogens with two attached hydrogens (primary N) is 1. The van der Waals surface area contributed by atoms with Crippen LogP contribution in [0.15, 0.2) is 48.5 Å². The Bertz CT molecular complexity index is 797. The molecule has 1 heterocycles. The Kier molecular flexibility index (Phi) is 7.49. The number of nitrogens with one attached hydrogen (secondary N) is 1. The van der Waals surface area contributed by atoms with E-state index in [1.807, 2.05) is 24.3 Å². The largest absolute Gasteiger partial charge is 0.493 e. The molecule has 0 radical (unpaired) electrons. The Morgan fingerprint density at radius 2 is 1.86 bits per heavy atom. The number of likely N-dealkylation sites (tertiary alicyclic amines) is 1. The van der Waals surface area contributed by atoms with E-state index in [2.05, 4.69) is 34.5 Å². The molecule has 0 unspecified atom stereocenters. The maximum Gasteiger partial charge on any atom is 0.234 e. The number of nitrogens with zero attached hydrogens (tertiary/aromatic N) is 1. The summed E-state index contributed by atoms with van der Waals surface area (Å²) >= 11 is 0. The van der Waals surface area contributed by atoms with Gasteiger partial charge in [-0.3, -0.25) is 9.69 Å². The minimum absolute atomic E-state index is 0.0509. The number of ether oxygens (including phenoxy) is 2. The Hall–Kier alpha value is -2.57. The average molecular weight is 398 g/mol. The number of rotatable bonds is 9. The first-order valence-electron chi connectivity index (χ1n) is 10.1. The highest BCUT2D eigenvalue weighted by atomic mass is 16.5. The lowest BCUT2D eigenvalue weighted by Gasteiger charge is -2.16. The van der Waals surface area contributed by atoms with Gasteiger partial charge in [-0.05, 0) is 42.1 Å². The van der Waals surface area contributed by atoms with Gasteiger partial charge in [0.2, 0.25) is 5.91 Å². The molecule has 1 amide bonds. The molecule has 1 saturated heterocycles. The average Bonchev–Trinajstić information content (AvgIpc) is 3.17. The molecule has 2 aromatic rings. The molecule has 29 heavy (non-hydrogen) atoms. The maximum atomic E-state index is 12.4. The standard InChI is InChI=1S/C23H31N3O3/c1-28-21-9-8-17(12-22(21)29-2)10-11-25-23(27)16-26-14-19(13-24)20(15-26)18-6-4-3-5-7-18/h3-9,12,19-20H,10-11,13-16,24H2,1-2H3,(H,25,27)/t19-,20+/m1/s1. The lowest BCUT2D eigenvalue weighted by molar-refractivity contribution is -0.122. The van der Waals surface area contributed by atoms with Gasteiger partial charge in [-0.2, -0.15) is 0 Å². The minimum atomic E-state index is 0.0509. The summed E-state index contributed by atoms with van der Waals surface area (Å²) in [5, 5.41) is 3.03. The first kappa shape index (κ1) is 21.1. The van der Waals surface area contributed by atoms with Gasteiger partial charge < -0.3 is 20.5 Å². The highest BCUT2D eigenvalue weighted by Crippen LogP contribution is 2.31. The Labute approximate surface area is 173 Å². The number of benzene rings is 2. The van der Waals surface area contributed by atoms with Crippen molar-refractivity contribution in [3.63, 3.8) is 0 Å². The third-order valence-electron chi connectivity index (χ3n) is 5.60. The summed E-state index contributed by atoms with van der Waals surface area (Å²) in [5.41, 5.74) is 8.40. The number of amides is 1. The molecule has 3 rings (SSSR count). The summed E-state index contributed by atoms with van der Waals surface area (Å²) in [6.07, 6.45) is 0.740. The number of hydrogen-bond donors (Lipinski definition) is 2. The van der Waals surface area contributed by atoms with Crippen molar-refractivity contribution in [1.29, 1.82) is 0 Å². The van der Waals surface area contributed by atoms with E-state index in [-0.39, 0.29) is 5.91 Å². The van der Waals surface area contributed by atoms with Gasteiger partial charge in [-0.25, -0.2) is 0 Å². The van der Waals surface area contributed by atoms with E-state index in [4.69, 9.17) is 15.2 Å². The van der Waals surface area contributed by atoms with Crippen LogP contribution < -0.4 is 20.5 Å². The summed E-state index contributed by atoms with van der Waals surface area (Å²) in [4.78, 5) is 14.6. The van der Waals surface area contributed by atoms with Gasteiger partial charge in [0, 0.05) is 25.6 Å². The zero-order valence-electron chi connectivity index (χ0n) is 17.3. The van der Waals surface area contributed by atoms with Crippen LogP contribution in [0.25, 0.3) is 0 Å². The maximum absolute atomic E-state index is 12.4. The Balaban J connectivity index is 1.47. The van der Waals surface area contributed by atoms with Gasteiger partial charge >= 0.3 is 0 Å². The quantitative estimate of drug-likeness (QED) is 0.677. The molecule has 1 aliphatic rings. The fraction of sp³-hybridized carbons (Fsp3) is 0.435. The minimum Gasteiger partial charge on any atom is -0.493 e. The lowest BCUT2D eigenvalue weighted by Crippen LogP contribution is -2.37. The van der Waals surface area contributed by atoms with Crippen molar-refractivity contribution in [1.82, 2.24) is 10.2 Å².